The fraction of sp³-hybridized carbons (Fsp3) is 0.316. The maximum Gasteiger partial charge on any atom is 0.573 e. The summed E-state index contributed by atoms with van der Waals surface area (Å²) in [5.41, 5.74) is 0.334. The molecule has 0 radical (unpaired) electrons. The van der Waals surface area contributed by atoms with E-state index < -0.39 is 41.7 Å². The number of carbonyl (C=O) groups excluding carboxylic acids is 1. The minimum atomic E-state index is -5.01. The molecule has 4 N–H and O–H groups in total. The molecule has 2 aromatic carbocycles. The molecule has 0 aromatic heterocycles. The third kappa shape index (κ3) is 7.51. The number of aliphatic hydroxyl groups excluding tert-OH is 2. The number of benzene rings is 2. The van der Waals surface area contributed by atoms with Gasteiger partial charge < -0.3 is 30.1 Å². The number of nitrogens with one attached hydrogen (secondary N) is 1. The van der Waals surface area contributed by atoms with E-state index in [2.05, 4.69) is 10.1 Å². The van der Waals surface area contributed by atoms with Gasteiger partial charge in [-0.25, -0.2) is 4.79 Å². The summed E-state index contributed by atoms with van der Waals surface area (Å²) in [4.78, 5) is 11.6. The number of alkyl carbamates (subject to hydrolysis) is 1. The molecule has 29 heavy (non-hydrogen) atoms. The first-order valence-corrected chi connectivity index (χ1v) is 8.55. The summed E-state index contributed by atoms with van der Waals surface area (Å²) in [5.74, 6) is -1.17. The van der Waals surface area contributed by atoms with Gasteiger partial charge in [0.2, 0.25) is 0 Å². The molecular weight excluding hydrogens is 395 g/mol. The Morgan fingerprint density at radius 3 is 2.45 bits per heavy atom. The molecule has 2 atom stereocenters. The average Bonchev–Trinajstić information content (AvgIpc) is 2.67. The number of phenolic OH excluding ortho intramolecular Hbond substituents is 1. The number of rotatable bonds is 8. The Bertz CT molecular complexity index is 800. The molecule has 10 heteroatoms. The van der Waals surface area contributed by atoms with E-state index in [1.807, 2.05) is 6.07 Å². The van der Waals surface area contributed by atoms with Gasteiger partial charge >= 0.3 is 12.5 Å². The van der Waals surface area contributed by atoms with E-state index in [1.165, 1.54) is 0 Å². The highest BCUT2D eigenvalue weighted by Crippen LogP contribution is 2.34. The van der Waals surface area contributed by atoms with Gasteiger partial charge in [0.15, 0.2) is 0 Å². The van der Waals surface area contributed by atoms with Crippen molar-refractivity contribution in [2.75, 3.05) is 6.54 Å². The molecule has 2 unspecified atom stereocenters. The predicted octanol–water partition coefficient (Wildman–Crippen LogP) is 3.00. The molecule has 0 saturated carbocycles. The summed E-state index contributed by atoms with van der Waals surface area (Å²) in [5, 5.41) is 32.0. The summed E-state index contributed by atoms with van der Waals surface area (Å²) >= 11 is 0. The number of aliphatic hydroxyl groups is 2. The van der Waals surface area contributed by atoms with Gasteiger partial charge in [0.1, 0.15) is 24.2 Å². The molecule has 0 fully saturated rings. The number of amides is 1. The van der Waals surface area contributed by atoms with Crippen molar-refractivity contribution in [1.82, 2.24) is 5.32 Å². The molecule has 0 bridgehead atoms. The Morgan fingerprint density at radius 1 is 1.10 bits per heavy atom. The number of hydrogen-bond donors (Lipinski definition) is 4. The molecule has 2 rings (SSSR count). The number of phenols is 1. The maximum atomic E-state index is 12.5. The van der Waals surface area contributed by atoms with E-state index >= 15 is 0 Å². The van der Waals surface area contributed by atoms with E-state index in [9.17, 15) is 33.3 Å². The zero-order valence-electron chi connectivity index (χ0n) is 15.1. The second kappa shape index (κ2) is 9.99. The van der Waals surface area contributed by atoms with Crippen LogP contribution in [0, 0.1) is 0 Å². The molecular formula is C19H20F3NO6. The van der Waals surface area contributed by atoms with Crippen LogP contribution in [-0.2, 0) is 11.3 Å². The van der Waals surface area contributed by atoms with Gasteiger partial charge in [0, 0.05) is 12.1 Å². The van der Waals surface area contributed by atoms with Crippen LogP contribution in [0.5, 0.6) is 11.5 Å². The van der Waals surface area contributed by atoms with E-state index in [0.717, 1.165) is 23.8 Å². The largest absolute Gasteiger partial charge is 0.573 e. The van der Waals surface area contributed by atoms with Gasteiger partial charge in [-0.15, -0.1) is 13.2 Å². The molecule has 2 aromatic rings. The Labute approximate surface area is 164 Å². The van der Waals surface area contributed by atoms with Crippen LogP contribution >= 0.6 is 0 Å². The molecule has 0 saturated heterocycles. The molecule has 0 aliphatic rings. The second-order valence-electron chi connectivity index (χ2n) is 6.06. The van der Waals surface area contributed by atoms with Gasteiger partial charge in [-0.1, -0.05) is 30.3 Å². The van der Waals surface area contributed by atoms with Crippen LogP contribution in [-0.4, -0.2) is 40.4 Å². The lowest BCUT2D eigenvalue weighted by Gasteiger charge is -2.21. The minimum Gasteiger partial charge on any atom is -0.508 e. The number of aromatic hydroxyl groups is 1. The summed E-state index contributed by atoms with van der Waals surface area (Å²) in [6.07, 6.45) is -9.29. The van der Waals surface area contributed by atoms with Crippen molar-refractivity contribution in [2.24, 2.45) is 0 Å². The van der Waals surface area contributed by atoms with Crippen molar-refractivity contribution in [3.63, 3.8) is 0 Å². The lowest BCUT2D eigenvalue weighted by Crippen LogP contribution is -2.30. The number of ether oxygens (including phenoxy) is 2. The van der Waals surface area contributed by atoms with Crippen molar-refractivity contribution in [3.8, 4) is 11.5 Å². The second-order valence-corrected chi connectivity index (χ2v) is 6.06. The van der Waals surface area contributed by atoms with E-state index in [4.69, 9.17) is 4.74 Å². The Balaban J connectivity index is 1.86. The van der Waals surface area contributed by atoms with Crippen molar-refractivity contribution < 1.29 is 42.8 Å². The third-order valence-electron chi connectivity index (χ3n) is 3.82. The maximum absolute atomic E-state index is 12.5. The normalized spacial score (nSPS) is 13.4. The molecule has 158 valence electrons. The van der Waals surface area contributed by atoms with E-state index in [0.29, 0.717) is 0 Å². The van der Waals surface area contributed by atoms with E-state index in [-0.39, 0.29) is 19.6 Å². The smallest absolute Gasteiger partial charge is 0.508 e. The number of carbonyl (C=O) groups is 1. The van der Waals surface area contributed by atoms with Crippen LogP contribution < -0.4 is 10.1 Å². The first kappa shape index (κ1) is 22.3. The number of halogens is 3. The zero-order chi connectivity index (χ0) is 21.4. The molecule has 0 heterocycles. The van der Waals surface area contributed by atoms with Crippen molar-refractivity contribution >= 4 is 6.09 Å². The molecule has 1 amide bonds. The highest BCUT2D eigenvalue weighted by molar-refractivity contribution is 5.67. The first-order chi connectivity index (χ1) is 13.7. The van der Waals surface area contributed by atoms with E-state index in [1.54, 1.807) is 24.3 Å². The molecule has 0 aliphatic carbocycles. The highest BCUT2D eigenvalue weighted by Gasteiger charge is 2.34. The van der Waals surface area contributed by atoms with Gasteiger partial charge in [-0.3, -0.25) is 0 Å². The Morgan fingerprint density at radius 2 is 1.79 bits per heavy atom. The SMILES string of the molecule is O=C(NCCC(O)C(O)c1cc(O)ccc1OC(F)(F)F)OCc1ccccc1. The van der Waals surface area contributed by atoms with Crippen molar-refractivity contribution in [3.05, 3.63) is 59.7 Å². The Kier molecular flexibility index (Phi) is 7.68. The third-order valence-corrected chi connectivity index (χ3v) is 3.82. The summed E-state index contributed by atoms with van der Waals surface area (Å²) in [6.45, 7) is -0.0700. The minimum absolute atomic E-state index is 0.0410. The van der Waals surface area contributed by atoms with Crippen LogP contribution in [0.15, 0.2) is 48.5 Å². The van der Waals surface area contributed by atoms with Gasteiger partial charge in [-0.2, -0.15) is 0 Å². The topological polar surface area (TPSA) is 108 Å². The van der Waals surface area contributed by atoms with Crippen molar-refractivity contribution in [1.29, 1.82) is 0 Å². The summed E-state index contributed by atoms with van der Waals surface area (Å²) < 4.78 is 46.2. The first-order valence-electron chi connectivity index (χ1n) is 8.55. The van der Waals surface area contributed by atoms with Gasteiger partial charge in [-0.05, 0) is 30.2 Å². The molecule has 7 nitrogen and oxygen atoms in total. The predicted molar refractivity (Wildman–Crippen MR) is 95.0 cm³/mol. The monoisotopic (exact) mass is 415 g/mol. The van der Waals surface area contributed by atoms with Crippen LogP contribution in [0.3, 0.4) is 0 Å². The molecule has 0 spiro atoms. The molecule has 0 aliphatic heterocycles. The van der Waals surface area contributed by atoms with Crippen LogP contribution in [0.25, 0.3) is 0 Å². The Hall–Kier alpha value is -2.98. The quantitative estimate of drug-likeness (QED) is 0.528. The van der Waals surface area contributed by atoms with Gasteiger partial charge in [0.05, 0.1) is 6.10 Å². The fourth-order valence-corrected chi connectivity index (χ4v) is 2.45. The number of hydrogen-bond acceptors (Lipinski definition) is 6. The standard InChI is InChI=1S/C19H20F3NO6/c20-19(21,22)29-16-7-6-13(24)10-14(16)17(26)15(25)8-9-23-18(27)28-11-12-4-2-1-3-5-12/h1-7,10,15,17,24-26H,8-9,11H2,(H,23,27). The lowest BCUT2D eigenvalue weighted by atomic mass is 10.0. The van der Waals surface area contributed by atoms with Crippen LogP contribution in [0.4, 0.5) is 18.0 Å². The number of alkyl halides is 3. The summed E-state index contributed by atoms with van der Waals surface area (Å²) in [7, 11) is 0. The van der Waals surface area contributed by atoms with Crippen LogP contribution in [0.2, 0.25) is 0 Å². The van der Waals surface area contributed by atoms with Crippen molar-refractivity contribution in [2.45, 2.75) is 31.6 Å². The lowest BCUT2D eigenvalue weighted by molar-refractivity contribution is -0.275. The van der Waals surface area contributed by atoms with Gasteiger partial charge in [0.25, 0.3) is 0 Å². The highest BCUT2D eigenvalue weighted by atomic mass is 19.4. The summed E-state index contributed by atoms with van der Waals surface area (Å²) in [6, 6.07) is 11.6. The van der Waals surface area contributed by atoms with Crippen LogP contribution in [0.1, 0.15) is 23.7 Å². The zero-order valence-corrected chi connectivity index (χ0v) is 15.1. The average molecular weight is 415 g/mol. The fourth-order valence-electron chi connectivity index (χ4n) is 2.45.